The molecule has 1 aromatic heterocycles. The summed E-state index contributed by atoms with van der Waals surface area (Å²) in [5, 5.41) is 3.33. The highest BCUT2D eigenvalue weighted by molar-refractivity contribution is 5.42. The van der Waals surface area contributed by atoms with E-state index in [2.05, 4.69) is 27.6 Å². The number of hydrogen-bond acceptors (Lipinski definition) is 6. The molecular weight excluding hydrogens is 206 g/mol. The molecule has 0 spiro atoms. The van der Waals surface area contributed by atoms with Crippen molar-refractivity contribution in [2.45, 2.75) is 32.4 Å². The molecule has 1 fully saturated rings. The number of aromatic nitrogens is 2. The van der Waals surface area contributed by atoms with Gasteiger partial charge in [0.05, 0.1) is 12.1 Å². The number of hydrazine groups is 1. The molecule has 4 N–H and O–H groups in total. The SMILES string of the molecule is Cc1cc(NC2CCOC2C)nc(NN)n1. The summed E-state index contributed by atoms with van der Waals surface area (Å²) in [6.45, 7) is 4.76. The zero-order chi connectivity index (χ0) is 11.5. The fourth-order valence-corrected chi connectivity index (χ4v) is 1.82. The molecule has 88 valence electrons. The first-order chi connectivity index (χ1) is 7.69. The average Bonchev–Trinajstić information content (AvgIpc) is 2.63. The first kappa shape index (κ1) is 11.1. The normalized spacial score (nSPS) is 24.4. The lowest BCUT2D eigenvalue weighted by Crippen LogP contribution is -2.27. The third kappa shape index (κ3) is 2.40. The van der Waals surface area contributed by atoms with E-state index in [1.165, 1.54) is 0 Å². The molecule has 2 atom stereocenters. The highest BCUT2D eigenvalue weighted by atomic mass is 16.5. The second kappa shape index (κ2) is 4.63. The van der Waals surface area contributed by atoms with Gasteiger partial charge in [-0.3, -0.25) is 5.43 Å². The molecule has 0 saturated carbocycles. The third-order valence-electron chi connectivity index (χ3n) is 2.69. The molecular formula is C10H17N5O. The molecule has 0 bridgehead atoms. The van der Waals surface area contributed by atoms with E-state index in [1.807, 2.05) is 13.0 Å². The third-order valence-corrected chi connectivity index (χ3v) is 2.69. The van der Waals surface area contributed by atoms with Crippen LogP contribution in [0.1, 0.15) is 19.0 Å². The van der Waals surface area contributed by atoms with E-state index >= 15 is 0 Å². The number of nitrogen functional groups attached to an aromatic ring is 1. The van der Waals surface area contributed by atoms with E-state index in [4.69, 9.17) is 10.6 Å². The van der Waals surface area contributed by atoms with Crippen molar-refractivity contribution in [2.75, 3.05) is 17.3 Å². The Morgan fingerprint density at radius 2 is 2.31 bits per heavy atom. The van der Waals surface area contributed by atoms with E-state index < -0.39 is 0 Å². The molecule has 2 unspecified atom stereocenters. The minimum absolute atomic E-state index is 0.213. The van der Waals surface area contributed by atoms with Crippen LogP contribution in [0.15, 0.2) is 6.07 Å². The smallest absolute Gasteiger partial charge is 0.239 e. The highest BCUT2D eigenvalue weighted by Gasteiger charge is 2.24. The Balaban J connectivity index is 2.11. The quantitative estimate of drug-likeness (QED) is 0.515. The number of nitrogens with two attached hydrogens (primary N) is 1. The van der Waals surface area contributed by atoms with Crippen LogP contribution < -0.4 is 16.6 Å². The monoisotopic (exact) mass is 223 g/mol. The average molecular weight is 223 g/mol. The van der Waals surface area contributed by atoms with Crippen LogP contribution in [-0.2, 0) is 4.74 Å². The van der Waals surface area contributed by atoms with Crippen LogP contribution in [0, 0.1) is 6.92 Å². The van der Waals surface area contributed by atoms with Crippen molar-refractivity contribution in [3.05, 3.63) is 11.8 Å². The maximum absolute atomic E-state index is 5.48. The van der Waals surface area contributed by atoms with Gasteiger partial charge in [0.25, 0.3) is 0 Å². The number of nitrogens with zero attached hydrogens (tertiary/aromatic N) is 2. The van der Waals surface area contributed by atoms with Crippen molar-refractivity contribution < 1.29 is 4.74 Å². The van der Waals surface area contributed by atoms with E-state index in [0.29, 0.717) is 12.0 Å². The molecule has 0 radical (unpaired) electrons. The van der Waals surface area contributed by atoms with E-state index in [-0.39, 0.29) is 6.10 Å². The summed E-state index contributed by atoms with van der Waals surface area (Å²) in [6.07, 6.45) is 1.21. The van der Waals surface area contributed by atoms with Gasteiger partial charge in [0, 0.05) is 18.4 Å². The number of aryl methyl sites for hydroxylation is 1. The number of rotatable bonds is 3. The number of anilines is 2. The van der Waals surface area contributed by atoms with Gasteiger partial charge in [-0.05, 0) is 20.3 Å². The van der Waals surface area contributed by atoms with Gasteiger partial charge < -0.3 is 10.1 Å². The van der Waals surface area contributed by atoms with Gasteiger partial charge in [-0.1, -0.05) is 0 Å². The highest BCUT2D eigenvalue weighted by Crippen LogP contribution is 2.18. The maximum Gasteiger partial charge on any atom is 0.239 e. The van der Waals surface area contributed by atoms with Crippen LogP contribution in [0.2, 0.25) is 0 Å². The molecule has 1 aliphatic rings. The predicted octanol–water partition coefficient (Wildman–Crippen LogP) is 0.660. The Bertz CT molecular complexity index is 370. The molecule has 0 amide bonds. The summed E-state index contributed by atoms with van der Waals surface area (Å²) in [7, 11) is 0. The van der Waals surface area contributed by atoms with Crippen LogP contribution in [0.4, 0.5) is 11.8 Å². The standard InChI is InChI=1S/C10H17N5O/c1-6-5-9(14-10(12-6)15-11)13-8-3-4-16-7(8)2/h5,7-8H,3-4,11H2,1-2H3,(H2,12,13,14,15). The Labute approximate surface area is 94.6 Å². The second-order valence-electron chi connectivity index (χ2n) is 3.98. The molecule has 0 aliphatic carbocycles. The lowest BCUT2D eigenvalue weighted by atomic mass is 10.1. The summed E-state index contributed by atoms with van der Waals surface area (Å²) < 4.78 is 5.48. The van der Waals surface area contributed by atoms with Crippen molar-refractivity contribution in [3.63, 3.8) is 0 Å². The van der Waals surface area contributed by atoms with Crippen LogP contribution in [0.25, 0.3) is 0 Å². The first-order valence-electron chi connectivity index (χ1n) is 5.39. The lowest BCUT2D eigenvalue weighted by molar-refractivity contribution is 0.121. The summed E-state index contributed by atoms with van der Waals surface area (Å²) in [6, 6.07) is 2.20. The molecule has 1 aliphatic heterocycles. The lowest BCUT2D eigenvalue weighted by Gasteiger charge is -2.17. The Hall–Kier alpha value is -1.40. The van der Waals surface area contributed by atoms with Crippen molar-refractivity contribution in [1.29, 1.82) is 0 Å². The number of ether oxygens (including phenoxy) is 1. The van der Waals surface area contributed by atoms with Gasteiger partial charge in [-0.2, -0.15) is 4.98 Å². The zero-order valence-electron chi connectivity index (χ0n) is 9.53. The maximum atomic E-state index is 5.48. The second-order valence-corrected chi connectivity index (χ2v) is 3.98. The van der Waals surface area contributed by atoms with Gasteiger partial charge in [0.1, 0.15) is 5.82 Å². The van der Waals surface area contributed by atoms with E-state index in [1.54, 1.807) is 0 Å². The fraction of sp³-hybridized carbons (Fsp3) is 0.600. The molecule has 2 rings (SSSR count). The zero-order valence-corrected chi connectivity index (χ0v) is 9.53. The van der Waals surface area contributed by atoms with Crippen molar-refractivity contribution in [2.24, 2.45) is 5.84 Å². The summed E-state index contributed by atoms with van der Waals surface area (Å²) in [5.41, 5.74) is 3.32. The van der Waals surface area contributed by atoms with Gasteiger partial charge >= 0.3 is 0 Å². The van der Waals surface area contributed by atoms with Crippen LogP contribution in [-0.4, -0.2) is 28.7 Å². The van der Waals surface area contributed by atoms with E-state index in [0.717, 1.165) is 24.5 Å². The summed E-state index contributed by atoms with van der Waals surface area (Å²) >= 11 is 0. The van der Waals surface area contributed by atoms with Gasteiger partial charge in [-0.15, -0.1) is 0 Å². The van der Waals surface area contributed by atoms with Crippen LogP contribution in [0.3, 0.4) is 0 Å². The summed E-state index contributed by atoms with van der Waals surface area (Å²) in [5.74, 6) is 6.50. The molecule has 1 saturated heterocycles. The largest absolute Gasteiger partial charge is 0.376 e. The molecule has 6 nitrogen and oxygen atoms in total. The van der Waals surface area contributed by atoms with Gasteiger partial charge in [-0.25, -0.2) is 10.8 Å². The van der Waals surface area contributed by atoms with Gasteiger partial charge in [0.15, 0.2) is 0 Å². The predicted molar refractivity (Wildman–Crippen MR) is 62.0 cm³/mol. The van der Waals surface area contributed by atoms with Gasteiger partial charge in [0.2, 0.25) is 5.95 Å². The minimum Gasteiger partial charge on any atom is -0.376 e. The fourth-order valence-electron chi connectivity index (χ4n) is 1.82. The Morgan fingerprint density at radius 1 is 1.50 bits per heavy atom. The van der Waals surface area contributed by atoms with Crippen LogP contribution in [0.5, 0.6) is 0 Å². The summed E-state index contributed by atoms with van der Waals surface area (Å²) in [4.78, 5) is 8.36. The minimum atomic E-state index is 0.213. The molecule has 2 heterocycles. The topological polar surface area (TPSA) is 85.1 Å². The van der Waals surface area contributed by atoms with Crippen LogP contribution >= 0.6 is 0 Å². The number of nitrogens with one attached hydrogen (secondary N) is 2. The first-order valence-corrected chi connectivity index (χ1v) is 5.39. The Kier molecular flexibility index (Phi) is 3.21. The van der Waals surface area contributed by atoms with Crippen molar-refractivity contribution in [1.82, 2.24) is 9.97 Å². The molecule has 16 heavy (non-hydrogen) atoms. The van der Waals surface area contributed by atoms with E-state index in [9.17, 15) is 0 Å². The molecule has 1 aromatic rings. The Morgan fingerprint density at radius 3 is 2.94 bits per heavy atom. The number of hydrogen-bond donors (Lipinski definition) is 3. The molecule has 0 aromatic carbocycles. The van der Waals surface area contributed by atoms with Crippen molar-refractivity contribution in [3.8, 4) is 0 Å². The van der Waals surface area contributed by atoms with Crippen molar-refractivity contribution >= 4 is 11.8 Å². The molecule has 6 heteroatoms.